The number of aromatic nitrogens is 1. The number of hydrogen-bond donors (Lipinski definition) is 2. The van der Waals surface area contributed by atoms with Crippen molar-refractivity contribution < 1.29 is 0 Å². The zero-order valence-corrected chi connectivity index (χ0v) is 13.1. The summed E-state index contributed by atoms with van der Waals surface area (Å²) in [7, 11) is 0. The van der Waals surface area contributed by atoms with E-state index in [1.807, 2.05) is 35.8 Å². The molecule has 1 fully saturated rings. The summed E-state index contributed by atoms with van der Waals surface area (Å²) in [6, 6.07) is 10.7. The Bertz CT molecular complexity index is 590. The highest BCUT2D eigenvalue weighted by Gasteiger charge is 2.30. The maximum Gasteiger partial charge on any atom is 0.0702 e. The quantitative estimate of drug-likeness (QED) is 0.674. The molecule has 1 aliphatic heterocycles. The highest BCUT2D eigenvalue weighted by molar-refractivity contribution is 8.07. The molecule has 1 saturated heterocycles. The molecule has 0 spiro atoms. The molecule has 1 aromatic heterocycles. The van der Waals surface area contributed by atoms with Gasteiger partial charge in [-0.3, -0.25) is 16.3 Å². The van der Waals surface area contributed by atoms with Crippen LogP contribution in [0.1, 0.15) is 18.5 Å². The van der Waals surface area contributed by atoms with Crippen LogP contribution >= 0.6 is 23.5 Å². The predicted octanol–water partition coefficient (Wildman–Crippen LogP) is 2.98. The molecule has 2 heterocycles. The maximum absolute atomic E-state index is 5.85. The first-order chi connectivity index (χ1) is 9.79. The van der Waals surface area contributed by atoms with Gasteiger partial charge in [0.05, 0.1) is 11.6 Å². The van der Waals surface area contributed by atoms with Crippen molar-refractivity contribution in [2.24, 2.45) is 5.84 Å². The van der Waals surface area contributed by atoms with Crippen LogP contribution in [0.4, 0.5) is 0 Å². The van der Waals surface area contributed by atoms with Crippen molar-refractivity contribution in [3.63, 3.8) is 0 Å². The molecule has 3 nitrogen and oxygen atoms in total. The Labute approximate surface area is 128 Å². The number of hydrazine groups is 1. The third-order valence-electron chi connectivity index (χ3n) is 3.73. The van der Waals surface area contributed by atoms with Gasteiger partial charge in [0.15, 0.2) is 0 Å². The number of nitrogens with one attached hydrogen (secondary N) is 1. The van der Waals surface area contributed by atoms with Crippen molar-refractivity contribution >= 4 is 34.4 Å². The summed E-state index contributed by atoms with van der Waals surface area (Å²) in [6.07, 6.45) is 1.83. The molecule has 0 bridgehead atoms. The van der Waals surface area contributed by atoms with Crippen LogP contribution in [-0.4, -0.2) is 27.0 Å². The number of pyridine rings is 1. The van der Waals surface area contributed by atoms with E-state index in [4.69, 9.17) is 5.84 Å². The van der Waals surface area contributed by atoms with E-state index in [1.165, 1.54) is 22.5 Å². The summed E-state index contributed by atoms with van der Waals surface area (Å²) < 4.78 is 0. The number of nitrogens with two attached hydrogens (primary N) is 1. The fourth-order valence-electron chi connectivity index (χ4n) is 2.68. The van der Waals surface area contributed by atoms with Gasteiger partial charge in [-0.25, -0.2) is 0 Å². The minimum Gasteiger partial charge on any atom is -0.271 e. The van der Waals surface area contributed by atoms with E-state index in [2.05, 4.69) is 41.6 Å². The van der Waals surface area contributed by atoms with E-state index in [0.717, 1.165) is 5.52 Å². The molecule has 3 N–H and O–H groups in total. The minimum atomic E-state index is 0.187. The van der Waals surface area contributed by atoms with Crippen LogP contribution in [0.5, 0.6) is 0 Å². The second-order valence-corrected chi connectivity index (χ2v) is 7.78. The van der Waals surface area contributed by atoms with Gasteiger partial charge in [0.1, 0.15) is 0 Å². The average Bonchev–Trinajstić information content (AvgIpc) is 2.50. The van der Waals surface area contributed by atoms with Gasteiger partial charge in [0.25, 0.3) is 0 Å². The molecule has 1 aliphatic rings. The number of nitrogens with zero attached hydrogens (tertiary/aromatic N) is 1. The molecule has 0 saturated carbocycles. The van der Waals surface area contributed by atoms with Crippen molar-refractivity contribution in [2.45, 2.75) is 23.5 Å². The van der Waals surface area contributed by atoms with Gasteiger partial charge in [0.2, 0.25) is 0 Å². The largest absolute Gasteiger partial charge is 0.271 e. The normalized spacial score (nSPS) is 24.7. The third kappa shape index (κ3) is 2.81. The molecule has 5 heteroatoms. The van der Waals surface area contributed by atoms with Crippen LogP contribution in [0.2, 0.25) is 0 Å². The first-order valence-electron chi connectivity index (χ1n) is 6.83. The summed E-state index contributed by atoms with van der Waals surface area (Å²) in [6.45, 7) is 2.30. The van der Waals surface area contributed by atoms with Crippen LogP contribution in [0.3, 0.4) is 0 Å². The molecule has 0 amide bonds. The number of benzene rings is 1. The topological polar surface area (TPSA) is 50.9 Å². The molecular weight excluding hydrogens is 286 g/mol. The molecule has 2 aromatic rings. The Morgan fingerprint density at radius 3 is 2.95 bits per heavy atom. The lowest BCUT2D eigenvalue weighted by Gasteiger charge is -2.34. The summed E-state index contributed by atoms with van der Waals surface area (Å²) in [4.78, 5) is 4.37. The zero-order chi connectivity index (χ0) is 13.9. The Morgan fingerprint density at radius 2 is 2.15 bits per heavy atom. The molecule has 0 radical (unpaired) electrons. The Morgan fingerprint density at radius 1 is 1.30 bits per heavy atom. The Kier molecular flexibility index (Phi) is 4.51. The summed E-state index contributed by atoms with van der Waals surface area (Å²) in [5.41, 5.74) is 5.31. The lowest BCUT2D eigenvalue weighted by atomic mass is 10.0. The molecule has 3 rings (SSSR count). The van der Waals surface area contributed by atoms with E-state index in [1.54, 1.807) is 0 Å². The first-order valence-corrected chi connectivity index (χ1v) is 8.93. The highest BCUT2D eigenvalue weighted by atomic mass is 32.2. The number of thioether (sulfide) groups is 2. The summed E-state index contributed by atoms with van der Waals surface area (Å²) in [5.74, 6) is 8.29. The molecule has 0 aliphatic carbocycles. The van der Waals surface area contributed by atoms with Crippen molar-refractivity contribution in [1.29, 1.82) is 0 Å². The van der Waals surface area contributed by atoms with E-state index in [-0.39, 0.29) is 6.04 Å². The highest BCUT2D eigenvalue weighted by Crippen LogP contribution is 2.38. The molecular formula is C15H19N3S2. The van der Waals surface area contributed by atoms with Gasteiger partial charge in [-0.15, -0.1) is 0 Å². The smallest absolute Gasteiger partial charge is 0.0702 e. The van der Waals surface area contributed by atoms with E-state index < -0.39 is 0 Å². The van der Waals surface area contributed by atoms with Gasteiger partial charge in [0, 0.05) is 33.6 Å². The van der Waals surface area contributed by atoms with Gasteiger partial charge >= 0.3 is 0 Å². The van der Waals surface area contributed by atoms with E-state index in [9.17, 15) is 0 Å². The van der Waals surface area contributed by atoms with Crippen molar-refractivity contribution in [3.8, 4) is 0 Å². The SMILES string of the molecule is CC1SCCSC1C(NN)c1ccc2ncccc2c1. The first kappa shape index (κ1) is 14.2. The van der Waals surface area contributed by atoms with Crippen LogP contribution in [0.25, 0.3) is 10.9 Å². The molecule has 20 heavy (non-hydrogen) atoms. The van der Waals surface area contributed by atoms with Gasteiger partial charge < -0.3 is 0 Å². The average molecular weight is 305 g/mol. The van der Waals surface area contributed by atoms with Crippen molar-refractivity contribution in [1.82, 2.24) is 10.4 Å². The van der Waals surface area contributed by atoms with Gasteiger partial charge in [-0.2, -0.15) is 23.5 Å². The standard InChI is InChI=1S/C15H19N3S2/c1-10-15(20-8-7-19-10)14(18-16)12-4-5-13-11(9-12)3-2-6-17-13/h2-6,9-10,14-15,18H,7-8,16H2,1H3. The van der Waals surface area contributed by atoms with Crippen molar-refractivity contribution in [2.75, 3.05) is 11.5 Å². The van der Waals surface area contributed by atoms with Gasteiger partial charge in [-0.05, 0) is 23.8 Å². The van der Waals surface area contributed by atoms with Crippen LogP contribution in [-0.2, 0) is 0 Å². The minimum absolute atomic E-state index is 0.187. The Hall–Kier alpha value is -0.750. The maximum atomic E-state index is 5.85. The fourth-order valence-corrected chi connectivity index (χ4v) is 5.62. The van der Waals surface area contributed by atoms with E-state index in [0.29, 0.717) is 10.5 Å². The fraction of sp³-hybridized carbons (Fsp3) is 0.400. The lowest BCUT2D eigenvalue weighted by Crippen LogP contribution is -2.40. The molecule has 3 atom stereocenters. The summed E-state index contributed by atoms with van der Waals surface area (Å²) >= 11 is 4.06. The van der Waals surface area contributed by atoms with Crippen LogP contribution < -0.4 is 11.3 Å². The lowest BCUT2D eigenvalue weighted by molar-refractivity contribution is 0.527. The second-order valence-electron chi connectivity index (χ2n) is 5.01. The van der Waals surface area contributed by atoms with Crippen LogP contribution in [0, 0.1) is 0 Å². The zero-order valence-electron chi connectivity index (χ0n) is 11.5. The third-order valence-corrected chi connectivity index (χ3v) is 6.93. The van der Waals surface area contributed by atoms with Crippen molar-refractivity contribution in [3.05, 3.63) is 42.1 Å². The molecule has 106 valence electrons. The van der Waals surface area contributed by atoms with Crippen LogP contribution in [0.15, 0.2) is 36.5 Å². The predicted molar refractivity (Wildman–Crippen MR) is 90.0 cm³/mol. The number of rotatable bonds is 3. The number of fused-ring (bicyclic) bond motifs is 1. The Balaban J connectivity index is 1.93. The second kappa shape index (κ2) is 6.35. The summed E-state index contributed by atoms with van der Waals surface area (Å²) in [5, 5.41) is 2.29. The molecule has 3 unspecified atom stereocenters. The monoisotopic (exact) mass is 305 g/mol. The number of hydrogen-bond acceptors (Lipinski definition) is 5. The van der Waals surface area contributed by atoms with E-state index >= 15 is 0 Å². The molecule has 1 aromatic carbocycles. The van der Waals surface area contributed by atoms with Gasteiger partial charge in [-0.1, -0.05) is 19.1 Å².